The second-order valence-electron chi connectivity index (χ2n) is 6.31. The molecule has 1 aromatic carbocycles. The summed E-state index contributed by atoms with van der Waals surface area (Å²) in [6, 6.07) is 9.94. The van der Waals surface area contributed by atoms with Gasteiger partial charge in [0.15, 0.2) is 5.82 Å². The van der Waals surface area contributed by atoms with Gasteiger partial charge in [0.2, 0.25) is 0 Å². The van der Waals surface area contributed by atoms with Crippen molar-refractivity contribution in [3.05, 3.63) is 57.8 Å². The van der Waals surface area contributed by atoms with Crippen LogP contribution in [-0.4, -0.2) is 40.3 Å². The van der Waals surface area contributed by atoms with E-state index < -0.39 is 10.9 Å². The molecule has 1 atom stereocenters. The lowest BCUT2D eigenvalue weighted by Crippen LogP contribution is -2.34. The maximum Gasteiger partial charge on any atom is 0.310 e. The van der Waals surface area contributed by atoms with Gasteiger partial charge >= 0.3 is 5.97 Å². The Hall–Kier alpha value is -3.03. The number of hydrogen-bond donors (Lipinski definition) is 0. The Morgan fingerprint density at radius 1 is 1.35 bits per heavy atom. The van der Waals surface area contributed by atoms with Crippen molar-refractivity contribution in [2.75, 3.05) is 18.1 Å². The molecule has 0 amide bonds. The molecule has 3 rings (SSSR count). The highest BCUT2D eigenvalue weighted by Crippen LogP contribution is 2.23. The fraction of sp³-hybridized carbons (Fsp3) is 0.389. The maximum absolute atomic E-state index is 12.1. The van der Waals surface area contributed by atoms with Crippen LogP contribution < -0.4 is 4.90 Å². The molecule has 0 radical (unpaired) electrons. The molecule has 0 spiro atoms. The zero-order chi connectivity index (χ0) is 18.5. The van der Waals surface area contributed by atoms with Crippen molar-refractivity contribution in [3.63, 3.8) is 0 Å². The molecule has 2 aromatic rings. The molecular weight excluding hydrogens is 336 g/mol. The standard InChI is InChI=1S/C18H20N4O4/c1-13-7-8-17(20-19-13)21-9-3-6-16(21)12-26-18(23)11-14-4-2-5-15(10-14)22(24)25/h2,4-5,7-8,10,16H,3,6,9,11-12H2,1H3. The van der Waals surface area contributed by atoms with Crippen molar-refractivity contribution in [2.24, 2.45) is 0 Å². The van der Waals surface area contributed by atoms with Gasteiger partial charge in [0.05, 0.1) is 23.1 Å². The summed E-state index contributed by atoms with van der Waals surface area (Å²) in [5.74, 6) is 0.389. The molecule has 8 nitrogen and oxygen atoms in total. The van der Waals surface area contributed by atoms with E-state index in [9.17, 15) is 14.9 Å². The van der Waals surface area contributed by atoms with Gasteiger partial charge in [-0.3, -0.25) is 14.9 Å². The fourth-order valence-electron chi connectivity index (χ4n) is 3.04. The minimum absolute atomic E-state index is 0.0126. The third-order valence-electron chi connectivity index (χ3n) is 4.36. The molecule has 1 aliphatic heterocycles. The molecule has 0 bridgehead atoms. The van der Waals surface area contributed by atoms with E-state index in [0.29, 0.717) is 5.56 Å². The van der Waals surface area contributed by atoms with Gasteiger partial charge < -0.3 is 9.64 Å². The summed E-state index contributed by atoms with van der Waals surface area (Å²) >= 11 is 0. The molecule has 136 valence electrons. The molecule has 1 aliphatic rings. The quantitative estimate of drug-likeness (QED) is 0.445. The number of carbonyl (C=O) groups excluding carboxylic acids is 1. The smallest absolute Gasteiger partial charge is 0.310 e. The first-order valence-electron chi connectivity index (χ1n) is 8.49. The van der Waals surface area contributed by atoms with E-state index in [1.807, 2.05) is 19.1 Å². The van der Waals surface area contributed by atoms with Crippen molar-refractivity contribution in [1.29, 1.82) is 0 Å². The number of nitro groups is 1. The number of rotatable bonds is 6. The molecule has 2 heterocycles. The van der Waals surface area contributed by atoms with Crippen molar-refractivity contribution in [3.8, 4) is 0 Å². The number of anilines is 1. The third-order valence-corrected chi connectivity index (χ3v) is 4.36. The Bertz CT molecular complexity index is 794. The fourth-order valence-corrected chi connectivity index (χ4v) is 3.04. The Labute approximate surface area is 150 Å². The third kappa shape index (κ3) is 4.33. The van der Waals surface area contributed by atoms with Crippen LogP contribution >= 0.6 is 0 Å². The number of carbonyl (C=O) groups is 1. The zero-order valence-electron chi connectivity index (χ0n) is 14.5. The van der Waals surface area contributed by atoms with Crippen LogP contribution in [0.3, 0.4) is 0 Å². The van der Waals surface area contributed by atoms with Gasteiger partial charge in [0, 0.05) is 18.7 Å². The van der Waals surface area contributed by atoms with Crippen LogP contribution in [0.2, 0.25) is 0 Å². The van der Waals surface area contributed by atoms with Crippen LogP contribution in [0.15, 0.2) is 36.4 Å². The number of benzene rings is 1. The van der Waals surface area contributed by atoms with Crippen LogP contribution in [-0.2, 0) is 16.0 Å². The lowest BCUT2D eigenvalue weighted by Gasteiger charge is -2.24. The Kier molecular flexibility index (Phi) is 5.40. The zero-order valence-corrected chi connectivity index (χ0v) is 14.5. The average Bonchev–Trinajstić information content (AvgIpc) is 3.09. The van der Waals surface area contributed by atoms with E-state index in [-0.39, 0.29) is 24.8 Å². The molecule has 1 aromatic heterocycles. The van der Waals surface area contributed by atoms with Crippen molar-refractivity contribution in [2.45, 2.75) is 32.2 Å². The number of esters is 1. The summed E-state index contributed by atoms with van der Waals surface area (Å²) in [5, 5.41) is 19.1. The second-order valence-corrected chi connectivity index (χ2v) is 6.31. The SMILES string of the molecule is Cc1ccc(N2CCCC2COC(=O)Cc2cccc([N+](=O)[O-])c2)nn1. The molecule has 1 fully saturated rings. The molecule has 0 N–H and O–H groups in total. The maximum atomic E-state index is 12.1. The highest BCUT2D eigenvalue weighted by Gasteiger charge is 2.27. The van der Waals surface area contributed by atoms with E-state index >= 15 is 0 Å². The summed E-state index contributed by atoms with van der Waals surface area (Å²) < 4.78 is 5.41. The van der Waals surface area contributed by atoms with E-state index in [0.717, 1.165) is 30.9 Å². The average molecular weight is 356 g/mol. The largest absolute Gasteiger partial charge is 0.463 e. The van der Waals surface area contributed by atoms with Gasteiger partial charge in [-0.05, 0) is 37.5 Å². The van der Waals surface area contributed by atoms with Crippen molar-refractivity contribution < 1.29 is 14.5 Å². The predicted octanol–water partition coefficient (Wildman–Crippen LogP) is 2.45. The summed E-state index contributed by atoms with van der Waals surface area (Å²) in [5.41, 5.74) is 1.39. The number of ether oxygens (including phenoxy) is 1. The predicted molar refractivity (Wildman–Crippen MR) is 94.9 cm³/mol. The molecule has 1 saturated heterocycles. The Morgan fingerprint density at radius 3 is 2.92 bits per heavy atom. The molecule has 1 unspecified atom stereocenters. The van der Waals surface area contributed by atoms with Crippen molar-refractivity contribution in [1.82, 2.24) is 10.2 Å². The second kappa shape index (κ2) is 7.90. The number of aromatic nitrogens is 2. The molecule has 8 heteroatoms. The molecular formula is C18H20N4O4. The molecule has 0 saturated carbocycles. The van der Waals surface area contributed by atoms with Crippen molar-refractivity contribution >= 4 is 17.5 Å². The van der Waals surface area contributed by atoms with Gasteiger partial charge in [0.25, 0.3) is 5.69 Å². The van der Waals surface area contributed by atoms with Gasteiger partial charge in [-0.2, -0.15) is 5.10 Å². The normalized spacial score (nSPS) is 16.5. The van der Waals surface area contributed by atoms with E-state index in [1.165, 1.54) is 12.1 Å². The first kappa shape index (κ1) is 17.8. The first-order chi connectivity index (χ1) is 12.5. The molecule has 0 aliphatic carbocycles. The monoisotopic (exact) mass is 356 g/mol. The lowest BCUT2D eigenvalue weighted by atomic mass is 10.1. The number of hydrogen-bond acceptors (Lipinski definition) is 7. The van der Waals surface area contributed by atoms with E-state index in [2.05, 4.69) is 15.1 Å². The van der Waals surface area contributed by atoms with Crippen LogP contribution in [0.25, 0.3) is 0 Å². The van der Waals surface area contributed by atoms with Gasteiger partial charge in [-0.1, -0.05) is 12.1 Å². The van der Waals surface area contributed by atoms with Gasteiger partial charge in [0.1, 0.15) is 6.61 Å². The Balaban J connectivity index is 1.56. The number of nitrogens with zero attached hydrogens (tertiary/aromatic N) is 4. The highest BCUT2D eigenvalue weighted by atomic mass is 16.6. The molecule has 26 heavy (non-hydrogen) atoms. The van der Waals surface area contributed by atoms with Gasteiger partial charge in [-0.15, -0.1) is 5.10 Å². The van der Waals surface area contributed by atoms with Gasteiger partial charge in [-0.25, -0.2) is 0 Å². The number of nitro benzene ring substituents is 1. The lowest BCUT2D eigenvalue weighted by molar-refractivity contribution is -0.384. The summed E-state index contributed by atoms with van der Waals surface area (Å²) in [6.45, 7) is 3.00. The van der Waals surface area contributed by atoms with E-state index in [4.69, 9.17) is 4.74 Å². The summed E-state index contributed by atoms with van der Waals surface area (Å²) in [7, 11) is 0. The Morgan fingerprint density at radius 2 is 2.19 bits per heavy atom. The van der Waals surface area contributed by atoms with Crippen LogP contribution in [0.4, 0.5) is 11.5 Å². The highest BCUT2D eigenvalue weighted by molar-refractivity contribution is 5.73. The minimum Gasteiger partial charge on any atom is -0.463 e. The van der Waals surface area contributed by atoms with Crippen LogP contribution in [0.5, 0.6) is 0 Å². The van der Waals surface area contributed by atoms with Crippen LogP contribution in [0.1, 0.15) is 24.1 Å². The van der Waals surface area contributed by atoms with E-state index in [1.54, 1.807) is 12.1 Å². The number of aryl methyl sites for hydroxylation is 1. The minimum atomic E-state index is -0.478. The summed E-state index contributed by atoms with van der Waals surface area (Å²) in [4.78, 5) is 24.5. The first-order valence-corrected chi connectivity index (χ1v) is 8.49. The summed E-state index contributed by atoms with van der Waals surface area (Å²) in [6.07, 6.45) is 1.93. The number of non-ortho nitro benzene ring substituents is 1. The van der Waals surface area contributed by atoms with Crippen LogP contribution in [0, 0.1) is 17.0 Å². The topological polar surface area (TPSA) is 98.5 Å².